The third kappa shape index (κ3) is 3.83. The van der Waals surface area contributed by atoms with Crippen molar-refractivity contribution in [2.45, 2.75) is 71.3 Å². The largest absolute Gasteiger partial charge is 0.462 e. The lowest BCUT2D eigenvalue weighted by Gasteiger charge is -2.56. The lowest BCUT2D eigenvalue weighted by molar-refractivity contribution is -0.970. The highest BCUT2D eigenvalue weighted by Gasteiger charge is 2.59. The average Bonchev–Trinajstić information content (AvgIpc) is 2.95. The Bertz CT molecular complexity index is 844. The van der Waals surface area contributed by atoms with Gasteiger partial charge in [-0.25, -0.2) is 9.64 Å². The number of carbonyl (C=O) groups excluding carboxylic acids is 2. The van der Waals surface area contributed by atoms with Crippen molar-refractivity contribution in [3.8, 4) is 0 Å². The molecule has 0 unspecified atom stereocenters. The zero-order valence-electron chi connectivity index (χ0n) is 18.6. The van der Waals surface area contributed by atoms with Gasteiger partial charge < -0.3 is 14.5 Å². The number of amides is 1. The fraction of sp³-hybridized carbons (Fsp3) is 0.625. The molecule has 0 radical (unpaired) electrons. The molecule has 0 bridgehead atoms. The van der Waals surface area contributed by atoms with Gasteiger partial charge in [-0.1, -0.05) is 6.07 Å². The normalized spacial score (nSPS) is 19.7. The van der Waals surface area contributed by atoms with Crippen LogP contribution in [-0.4, -0.2) is 48.1 Å². The van der Waals surface area contributed by atoms with E-state index >= 15 is 0 Å². The van der Waals surface area contributed by atoms with E-state index in [0.29, 0.717) is 16.9 Å². The van der Waals surface area contributed by atoms with Crippen LogP contribution in [0.25, 0.3) is 4.85 Å². The van der Waals surface area contributed by atoms with E-state index in [0.717, 1.165) is 56.2 Å². The van der Waals surface area contributed by atoms with Gasteiger partial charge in [0.1, 0.15) is 0 Å². The van der Waals surface area contributed by atoms with E-state index in [1.807, 2.05) is 6.92 Å². The Hall–Kier alpha value is -2.39. The molecule has 1 saturated heterocycles. The average molecular weight is 413 g/mol. The minimum atomic E-state index is -0.502. The summed E-state index contributed by atoms with van der Waals surface area (Å²) in [5.41, 5.74) is 1.42. The van der Waals surface area contributed by atoms with Gasteiger partial charge in [-0.2, -0.15) is 0 Å². The highest BCUT2D eigenvalue weighted by molar-refractivity contribution is 6.05. The highest BCUT2D eigenvalue weighted by atomic mass is 16.5. The number of hydrogen-bond acceptors (Lipinski definition) is 3. The SMILES string of the molecule is [C-]#[N+]c1cc(C)c(NC(=O)C2([N+]3(CC)CCCCCC3)CCC2)c(C(=O)OCC)c1. The van der Waals surface area contributed by atoms with Crippen LogP contribution in [0, 0.1) is 13.5 Å². The third-order valence-electron chi connectivity index (χ3n) is 7.22. The van der Waals surface area contributed by atoms with Crippen LogP contribution >= 0.6 is 0 Å². The van der Waals surface area contributed by atoms with Crippen LogP contribution in [0.15, 0.2) is 12.1 Å². The van der Waals surface area contributed by atoms with Crippen molar-refractivity contribution in [2.24, 2.45) is 0 Å². The Labute approximate surface area is 180 Å². The standard InChI is InChI=1S/C24H33N3O3/c1-5-27(14-9-7-8-10-15-27)24(12-11-13-24)23(29)26-21-18(3)16-19(25-4)17-20(21)22(28)30-6-2/h16-17H,5-15H2,1-3H3/p+1. The van der Waals surface area contributed by atoms with E-state index in [2.05, 4.69) is 17.1 Å². The first kappa shape index (κ1) is 22.3. The Balaban J connectivity index is 1.98. The van der Waals surface area contributed by atoms with Crippen LogP contribution in [0.2, 0.25) is 0 Å². The van der Waals surface area contributed by atoms with Gasteiger partial charge in [0.15, 0.2) is 11.2 Å². The zero-order chi connectivity index (χ0) is 21.8. The van der Waals surface area contributed by atoms with E-state index < -0.39 is 11.5 Å². The number of quaternary nitrogens is 1. The first-order chi connectivity index (χ1) is 14.4. The number of nitrogens with one attached hydrogen (secondary N) is 1. The summed E-state index contributed by atoms with van der Waals surface area (Å²) in [6, 6.07) is 3.24. The number of carbonyl (C=O) groups is 2. The van der Waals surface area contributed by atoms with Gasteiger partial charge in [-0.05, 0) is 64.5 Å². The van der Waals surface area contributed by atoms with Crippen molar-refractivity contribution in [3.63, 3.8) is 0 Å². The number of likely N-dealkylation sites (N-methyl/N-ethyl adjacent to an activating group) is 1. The Morgan fingerprint density at radius 2 is 1.80 bits per heavy atom. The topological polar surface area (TPSA) is 59.8 Å². The molecule has 1 amide bonds. The van der Waals surface area contributed by atoms with E-state index in [4.69, 9.17) is 11.3 Å². The molecule has 1 aromatic carbocycles. The molecular weight excluding hydrogens is 378 g/mol. The van der Waals surface area contributed by atoms with Crippen molar-refractivity contribution < 1.29 is 18.8 Å². The number of benzene rings is 1. The maximum absolute atomic E-state index is 13.8. The molecule has 0 spiro atoms. The zero-order valence-corrected chi connectivity index (χ0v) is 18.6. The van der Waals surface area contributed by atoms with E-state index in [1.54, 1.807) is 13.0 Å². The van der Waals surface area contributed by atoms with Crippen LogP contribution in [-0.2, 0) is 9.53 Å². The molecule has 1 aliphatic heterocycles. The predicted octanol–water partition coefficient (Wildman–Crippen LogP) is 4.99. The molecule has 2 aliphatic rings. The number of anilines is 1. The lowest BCUT2D eigenvalue weighted by Crippen LogP contribution is -2.72. The summed E-state index contributed by atoms with van der Waals surface area (Å²) in [7, 11) is 0. The lowest BCUT2D eigenvalue weighted by atomic mass is 9.72. The van der Waals surface area contributed by atoms with Gasteiger partial charge >= 0.3 is 5.97 Å². The van der Waals surface area contributed by atoms with E-state index in [1.165, 1.54) is 18.9 Å². The van der Waals surface area contributed by atoms with Crippen molar-refractivity contribution in [1.29, 1.82) is 0 Å². The van der Waals surface area contributed by atoms with Gasteiger partial charge in [0.05, 0.1) is 44.1 Å². The fourth-order valence-electron chi connectivity index (χ4n) is 5.37. The summed E-state index contributed by atoms with van der Waals surface area (Å²) in [5, 5.41) is 3.13. The molecule has 6 nitrogen and oxygen atoms in total. The molecule has 1 heterocycles. The Morgan fingerprint density at radius 1 is 1.13 bits per heavy atom. The predicted molar refractivity (Wildman–Crippen MR) is 118 cm³/mol. The number of rotatable bonds is 6. The van der Waals surface area contributed by atoms with Gasteiger partial charge in [0, 0.05) is 12.8 Å². The highest BCUT2D eigenvalue weighted by Crippen LogP contribution is 2.46. The van der Waals surface area contributed by atoms with Gasteiger partial charge in [0.25, 0.3) is 5.91 Å². The molecule has 2 fully saturated rings. The first-order valence-corrected chi connectivity index (χ1v) is 11.3. The van der Waals surface area contributed by atoms with Crippen molar-refractivity contribution >= 4 is 23.3 Å². The summed E-state index contributed by atoms with van der Waals surface area (Å²) in [6.45, 7) is 16.4. The minimum absolute atomic E-state index is 0.0155. The Morgan fingerprint density at radius 3 is 2.30 bits per heavy atom. The molecular formula is C24H34N3O3+. The summed E-state index contributed by atoms with van der Waals surface area (Å²) < 4.78 is 6.06. The van der Waals surface area contributed by atoms with Crippen molar-refractivity contribution in [3.05, 3.63) is 34.7 Å². The maximum Gasteiger partial charge on any atom is 0.338 e. The number of esters is 1. The van der Waals surface area contributed by atoms with E-state index in [9.17, 15) is 9.59 Å². The van der Waals surface area contributed by atoms with Crippen LogP contribution in [0.4, 0.5) is 11.4 Å². The van der Waals surface area contributed by atoms with E-state index in [-0.39, 0.29) is 18.1 Å². The van der Waals surface area contributed by atoms with Crippen molar-refractivity contribution in [2.75, 3.05) is 31.6 Å². The quantitative estimate of drug-likeness (QED) is 0.407. The summed E-state index contributed by atoms with van der Waals surface area (Å²) in [4.78, 5) is 29.8. The molecule has 30 heavy (non-hydrogen) atoms. The number of likely N-dealkylation sites (tertiary alicyclic amines) is 1. The number of hydrogen-bond donors (Lipinski definition) is 1. The monoisotopic (exact) mass is 412 g/mol. The van der Waals surface area contributed by atoms with Crippen LogP contribution < -0.4 is 5.32 Å². The molecule has 0 atom stereocenters. The third-order valence-corrected chi connectivity index (χ3v) is 7.22. The molecule has 3 rings (SSSR count). The smallest absolute Gasteiger partial charge is 0.338 e. The molecule has 162 valence electrons. The molecule has 6 heteroatoms. The van der Waals surface area contributed by atoms with Gasteiger partial charge in [-0.3, -0.25) is 4.79 Å². The van der Waals surface area contributed by atoms with Gasteiger partial charge in [-0.15, -0.1) is 0 Å². The fourth-order valence-corrected chi connectivity index (χ4v) is 5.37. The molecule has 0 aromatic heterocycles. The number of aryl methyl sites for hydroxylation is 1. The summed E-state index contributed by atoms with van der Waals surface area (Å²) in [6.07, 6.45) is 7.64. The van der Waals surface area contributed by atoms with Crippen LogP contribution in [0.3, 0.4) is 0 Å². The first-order valence-electron chi connectivity index (χ1n) is 11.3. The van der Waals surface area contributed by atoms with Crippen LogP contribution in [0.5, 0.6) is 0 Å². The second-order valence-corrected chi connectivity index (χ2v) is 8.68. The van der Waals surface area contributed by atoms with Crippen molar-refractivity contribution in [1.82, 2.24) is 0 Å². The number of ether oxygens (including phenoxy) is 1. The summed E-state index contributed by atoms with van der Waals surface area (Å²) in [5.74, 6) is -0.486. The number of nitrogens with zero attached hydrogens (tertiary/aromatic N) is 2. The minimum Gasteiger partial charge on any atom is -0.462 e. The molecule has 1 saturated carbocycles. The van der Waals surface area contributed by atoms with Crippen LogP contribution in [0.1, 0.15) is 74.7 Å². The maximum atomic E-state index is 13.8. The molecule has 1 aliphatic carbocycles. The molecule has 1 aromatic rings. The second kappa shape index (κ2) is 9.18. The van der Waals surface area contributed by atoms with Gasteiger partial charge in [0.2, 0.25) is 0 Å². The summed E-state index contributed by atoms with van der Waals surface area (Å²) >= 11 is 0. The molecule has 1 N–H and O–H groups in total. The second-order valence-electron chi connectivity index (χ2n) is 8.68. The Kier molecular flexibility index (Phi) is 6.82.